The molecule has 6 rings (SSSR count). The first-order chi connectivity index (χ1) is 21.3. The maximum absolute atomic E-state index is 13.4. The molecule has 11 heteroatoms. The van der Waals surface area contributed by atoms with Crippen LogP contribution in [0, 0.1) is 20.8 Å². The minimum atomic E-state index is -0.611. The van der Waals surface area contributed by atoms with Gasteiger partial charge in [0.2, 0.25) is 0 Å². The molecular formula is C33H30N6O5. The lowest BCUT2D eigenvalue weighted by molar-refractivity contribution is 0.0468. The fourth-order valence-corrected chi connectivity index (χ4v) is 5.08. The topological polar surface area (TPSA) is 138 Å². The van der Waals surface area contributed by atoms with Crippen molar-refractivity contribution < 1.29 is 18.8 Å². The Kier molecular flexibility index (Phi) is 7.76. The minimum Gasteiger partial charge on any atom is -0.465 e. The lowest BCUT2D eigenvalue weighted by Gasteiger charge is -2.13. The summed E-state index contributed by atoms with van der Waals surface area (Å²) in [6.45, 7) is 8.34. The highest BCUT2D eigenvalue weighted by molar-refractivity contribution is 6.02. The fourth-order valence-electron chi connectivity index (χ4n) is 5.08. The lowest BCUT2D eigenvalue weighted by atomic mass is 9.98. The number of imidazole rings is 1. The van der Waals surface area contributed by atoms with Crippen LogP contribution in [0.3, 0.4) is 0 Å². The van der Waals surface area contributed by atoms with Crippen LogP contribution in [-0.4, -0.2) is 42.2 Å². The number of nitrogens with one attached hydrogen (secondary N) is 1. The zero-order chi connectivity index (χ0) is 30.8. The molecule has 0 radical (unpaired) electrons. The number of aromatic nitrogens is 6. The summed E-state index contributed by atoms with van der Waals surface area (Å²) in [5.41, 5.74) is 8.14. The summed E-state index contributed by atoms with van der Waals surface area (Å²) >= 11 is 0. The van der Waals surface area contributed by atoms with Gasteiger partial charge in [0, 0.05) is 5.56 Å². The number of benzene rings is 3. The average molecular weight is 591 g/mol. The molecule has 0 aliphatic heterocycles. The molecule has 0 unspecified atom stereocenters. The average Bonchev–Trinajstić information content (AvgIpc) is 3.62. The van der Waals surface area contributed by atoms with Crippen LogP contribution in [0.25, 0.3) is 33.5 Å². The van der Waals surface area contributed by atoms with E-state index in [1.807, 2.05) is 86.9 Å². The van der Waals surface area contributed by atoms with Crippen LogP contribution in [0.4, 0.5) is 0 Å². The van der Waals surface area contributed by atoms with Crippen LogP contribution in [0.5, 0.6) is 6.01 Å². The van der Waals surface area contributed by atoms with Crippen LogP contribution in [0.15, 0.2) is 76.0 Å². The number of esters is 1. The third-order valence-electron chi connectivity index (χ3n) is 7.37. The highest BCUT2D eigenvalue weighted by Crippen LogP contribution is 2.31. The first-order valence-corrected chi connectivity index (χ1v) is 14.2. The first-order valence-electron chi connectivity index (χ1n) is 14.2. The van der Waals surface area contributed by atoms with Gasteiger partial charge in [-0.15, -0.1) is 0 Å². The summed E-state index contributed by atoms with van der Waals surface area (Å²) in [5.74, 6) is -0.739. The molecule has 3 heterocycles. The number of nitrogens with zero attached hydrogens (tertiary/aromatic N) is 5. The standard InChI is InChI=1S/C33H30N6O5/c1-5-42-32-36-27-12-8-11-26(31(40)43-18-28-21(4)34-19(2)20(3)35-28)29(27)39(32)17-22-13-15-23(16-14-22)24-9-6-7-10-25(24)30-37-33(41)44-38-30/h6-16H,5,17-18H2,1-4H3,(H,37,38,41). The Morgan fingerprint density at radius 2 is 1.64 bits per heavy atom. The number of fused-ring (bicyclic) bond motifs is 1. The van der Waals surface area contributed by atoms with E-state index in [0.717, 1.165) is 39.3 Å². The van der Waals surface area contributed by atoms with Gasteiger partial charge in [0.05, 0.1) is 52.5 Å². The smallest absolute Gasteiger partial charge is 0.439 e. The maximum Gasteiger partial charge on any atom is 0.439 e. The third-order valence-corrected chi connectivity index (χ3v) is 7.37. The second-order valence-corrected chi connectivity index (χ2v) is 10.3. The summed E-state index contributed by atoms with van der Waals surface area (Å²) < 4.78 is 18.2. The molecule has 0 saturated heterocycles. The van der Waals surface area contributed by atoms with E-state index in [4.69, 9.17) is 14.0 Å². The predicted octanol–water partition coefficient (Wildman–Crippen LogP) is 5.57. The van der Waals surface area contributed by atoms with E-state index in [1.165, 1.54) is 0 Å². The van der Waals surface area contributed by atoms with Crippen molar-refractivity contribution in [3.8, 4) is 28.5 Å². The number of carbonyl (C=O) groups is 1. The van der Waals surface area contributed by atoms with Crippen molar-refractivity contribution in [3.05, 3.63) is 111 Å². The van der Waals surface area contributed by atoms with Crippen molar-refractivity contribution in [2.45, 2.75) is 40.8 Å². The molecule has 11 nitrogen and oxygen atoms in total. The van der Waals surface area contributed by atoms with Gasteiger partial charge in [-0.1, -0.05) is 59.8 Å². The van der Waals surface area contributed by atoms with E-state index in [0.29, 0.717) is 47.3 Å². The molecule has 0 atom stereocenters. The van der Waals surface area contributed by atoms with Crippen LogP contribution in [-0.2, 0) is 17.9 Å². The number of ether oxygens (including phenoxy) is 2. The van der Waals surface area contributed by atoms with E-state index in [9.17, 15) is 9.59 Å². The van der Waals surface area contributed by atoms with Gasteiger partial charge < -0.3 is 9.47 Å². The van der Waals surface area contributed by atoms with Crippen LogP contribution in [0.1, 0.15) is 45.6 Å². The summed E-state index contributed by atoms with van der Waals surface area (Å²) in [7, 11) is 0. The Morgan fingerprint density at radius 3 is 2.36 bits per heavy atom. The molecule has 0 bridgehead atoms. The molecule has 6 aromatic rings. The van der Waals surface area contributed by atoms with E-state index in [-0.39, 0.29) is 6.61 Å². The highest BCUT2D eigenvalue weighted by atomic mass is 16.5. The maximum atomic E-state index is 13.4. The molecule has 222 valence electrons. The van der Waals surface area contributed by atoms with Crippen molar-refractivity contribution in [1.82, 2.24) is 29.7 Å². The van der Waals surface area contributed by atoms with Crippen molar-refractivity contribution in [1.29, 1.82) is 0 Å². The van der Waals surface area contributed by atoms with Crippen molar-refractivity contribution >= 4 is 17.0 Å². The summed E-state index contributed by atoms with van der Waals surface area (Å²) in [5, 5.41) is 3.85. The molecule has 44 heavy (non-hydrogen) atoms. The Hall–Kier alpha value is -5.58. The first kappa shape index (κ1) is 28.5. The van der Waals surface area contributed by atoms with Crippen LogP contribution in [0.2, 0.25) is 0 Å². The Labute approximate surface area is 252 Å². The molecule has 0 fully saturated rings. The third kappa shape index (κ3) is 5.59. The van der Waals surface area contributed by atoms with Crippen molar-refractivity contribution in [3.63, 3.8) is 0 Å². The normalized spacial score (nSPS) is 11.2. The monoisotopic (exact) mass is 590 g/mol. The number of aryl methyl sites for hydroxylation is 3. The van der Waals surface area contributed by atoms with Crippen molar-refractivity contribution in [2.24, 2.45) is 0 Å². The largest absolute Gasteiger partial charge is 0.465 e. The van der Waals surface area contributed by atoms with Gasteiger partial charge in [-0.2, -0.15) is 4.98 Å². The summed E-state index contributed by atoms with van der Waals surface area (Å²) in [6.07, 6.45) is 0. The second kappa shape index (κ2) is 12.0. The van der Waals surface area contributed by atoms with Gasteiger partial charge in [-0.25, -0.2) is 9.59 Å². The number of rotatable bonds is 9. The minimum absolute atomic E-state index is 0.00674. The van der Waals surface area contributed by atoms with Crippen molar-refractivity contribution in [2.75, 3.05) is 6.61 Å². The molecule has 0 spiro atoms. The number of para-hydroxylation sites is 1. The van der Waals surface area contributed by atoms with Gasteiger partial charge in [0.15, 0.2) is 5.82 Å². The number of carbonyl (C=O) groups excluding carboxylic acids is 1. The molecule has 3 aromatic carbocycles. The van der Waals surface area contributed by atoms with E-state index in [2.05, 4.69) is 25.1 Å². The SMILES string of the molecule is CCOc1nc2cccc(C(=O)OCc3nc(C)c(C)nc3C)c2n1Cc1ccc(-c2ccccc2-c2noc(=O)[nH]2)cc1. The zero-order valence-corrected chi connectivity index (χ0v) is 24.7. The number of aromatic amines is 1. The Bertz CT molecular complexity index is 2040. The highest BCUT2D eigenvalue weighted by Gasteiger charge is 2.21. The molecule has 0 amide bonds. The summed E-state index contributed by atoms with van der Waals surface area (Å²) in [6, 6.07) is 21.4. The number of hydrogen-bond acceptors (Lipinski definition) is 9. The molecular weight excluding hydrogens is 560 g/mol. The predicted molar refractivity (Wildman–Crippen MR) is 163 cm³/mol. The van der Waals surface area contributed by atoms with E-state index >= 15 is 0 Å². The Morgan fingerprint density at radius 1 is 0.886 bits per heavy atom. The van der Waals surface area contributed by atoms with Crippen LogP contribution < -0.4 is 10.5 Å². The molecule has 0 aliphatic rings. The second-order valence-electron chi connectivity index (χ2n) is 10.3. The Balaban J connectivity index is 1.31. The number of hydrogen-bond donors (Lipinski definition) is 1. The number of H-pyrrole nitrogens is 1. The molecule has 0 aliphatic carbocycles. The van der Waals surface area contributed by atoms with E-state index < -0.39 is 11.7 Å². The quantitative estimate of drug-likeness (QED) is 0.214. The lowest BCUT2D eigenvalue weighted by Crippen LogP contribution is -2.12. The molecule has 3 aromatic heterocycles. The van der Waals surface area contributed by atoms with Gasteiger partial charge in [0.1, 0.15) is 6.61 Å². The summed E-state index contributed by atoms with van der Waals surface area (Å²) in [4.78, 5) is 41.3. The van der Waals surface area contributed by atoms with Gasteiger partial charge in [0.25, 0.3) is 6.01 Å². The van der Waals surface area contributed by atoms with Gasteiger partial charge >= 0.3 is 11.7 Å². The molecule has 1 N–H and O–H groups in total. The molecule has 0 saturated carbocycles. The van der Waals surface area contributed by atoms with Crippen LogP contribution >= 0.6 is 0 Å². The van der Waals surface area contributed by atoms with Gasteiger partial charge in [-0.3, -0.25) is 24.0 Å². The van der Waals surface area contributed by atoms with Gasteiger partial charge in [-0.05, 0) is 56.5 Å². The zero-order valence-electron chi connectivity index (χ0n) is 24.7. The fraction of sp³-hybridized carbons (Fsp3) is 0.212. The van der Waals surface area contributed by atoms with E-state index in [1.54, 1.807) is 12.1 Å².